The molecule has 0 aromatic heterocycles. The summed E-state index contributed by atoms with van der Waals surface area (Å²) in [6, 6.07) is 9.82. The molecule has 1 aliphatic carbocycles. The van der Waals surface area contributed by atoms with Crippen LogP contribution in [0.1, 0.15) is 44.1 Å². The zero-order valence-electron chi connectivity index (χ0n) is 14.2. The minimum atomic E-state index is -3.32. The molecule has 0 radical (unpaired) electrons. The first kappa shape index (κ1) is 19.4. The number of aliphatic hydroxyl groups is 1. The van der Waals surface area contributed by atoms with Crippen LogP contribution < -0.4 is 4.72 Å². The summed E-state index contributed by atoms with van der Waals surface area (Å²) in [4.78, 5) is 0. The highest BCUT2D eigenvalue weighted by atomic mass is 32.2. The van der Waals surface area contributed by atoms with E-state index in [0.717, 1.165) is 31.2 Å². The number of ether oxygens (including phenoxy) is 1. The molecule has 1 aliphatic rings. The van der Waals surface area contributed by atoms with Gasteiger partial charge < -0.3 is 9.84 Å². The predicted molar refractivity (Wildman–Crippen MR) is 95.1 cm³/mol. The Morgan fingerprint density at radius 3 is 2.50 bits per heavy atom. The van der Waals surface area contributed by atoms with Gasteiger partial charge in [-0.25, -0.2) is 13.1 Å². The Hall–Kier alpha value is -0.950. The smallest absolute Gasteiger partial charge is 0.211 e. The van der Waals surface area contributed by atoms with E-state index in [1.165, 1.54) is 6.42 Å². The maximum absolute atomic E-state index is 12.1. The molecule has 0 heterocycles. The van der Waals surface area contributed by atoms with E-state index < -0.39 is 10.0 Å². The molecule has 2 rings (SSSR count). The van der Waals surface area contributed by atoms with Crippen LogP contribution in [-0.2, 0) is 21.4 Å². The Labute approximate surface area is 145 Å². The van der Waals surface area contributed by atoms with Gasteiger partial charge in [0.1, 0.15) is 0 Å². The Kier molecular flexibility index (Phi) is 7.68. The highest BCUT2D eigenvalue weighted by Gasteiger charge is 2.32. The fourth-order valence-corrected chi connectivity index (χ4v) is 4.31. The van der Waals surface area contributed by atoms with Crippen LogP contribution in [0.3, 0.4) is 0 Å². The molecule has 6 heteroatoms. The van der Waals surface area contributed by atoms with Gasteiger partial charge in [-0.05, 0) is 24.8 Å². The fourth-order valence-electron chi connectivity index (χ4n) is 3.14. The van der Waals surface area contributed by atoms with Crippen molar-refractivity contribution in [1.82, 2.24) is 4.72 Å². The topological polar surface area (TPSA) is 75.6 Å². The van der Waals surface area contributed by atoms with Crippen molar-refractivity contribution in [3.63, 3.8) is 0 Å². The van der Waals surface area contributed by atoms with E-state index in [2.05, 4.69) is 4.72 Å². The van der Waals surface area contributed by atoms with Gasteiger partial charge in [0.2, 0.25) is 10.0 Å². The summed E-state index contributed by atoms with van der Waals surface area (Å²) in [5.41, 5.74) is 0.815. The number of nitrogens with one attached hydrogen (secondary N) is 1. The van der Waals surface area contributed by atoms with Crippen molar-refractivity contribution in [3.8, 4) is 0 Å². The average Bonchev–Trinajstić information content (AvgIpc) is 2.61. The Balaban J connectivity index is 1.65. The third kappa shape index (κ3) is 6.51. The van der Waals surface area contributed by atoms with Crippen LogP contribution in [0.4, 0.5) is 0 Å². The summed E-state index contributed by atoms with van der Waals surface area (Å²) >= 11 is 0. The number of hydrogen-bond acceptors (Lipinski definition) is 4. The molecule has 0 atom stereocenters. The molecule has 1 saturated carbocycles. The van der Waals surface area contributed by atoms with E-state index >= 15 is 0 Å². The molecule has 1 fully saturated rings. The van der Waals surface area contributed by atoms with Crippen LogP contribution in [0.5, 0.6) is 0 Å². The Bertz CT molecular complexity index is 568. The van der Waals surface area contributed by atoms with Crippen molar-refractivity contribution in [3.05, 3.63) is 35.9 Å². The van der Waals surface area contributed by atoms with Gasteiger partial charge in [0.25, 0.3) is 0 Å². The van der Waals surface area contributed by atoms with E-state index in [0.29, 0.717) is 26.2 Å². The van der Waals surface area contributed by atoms with Crippen LogP contribution in [0, 0.1) is 5.41 Å². The fraction of sp³-hybridized carbons (Fsp3) is 0.667. The van der Waals surface area contributed by atoms with E-state index in [1.54, 1.807) is 0 Å². The third-order valence-corrected chi connectivity index (χ3v) is 6.14. The summed E-state index contributed by atoms with van der Waals surface area (Å²) in [5.74, 6) is 0.0588. The van der Waals surface area contributed by atoms with Gasteiger partial charge in [-0.15, -0.1) is 0 Å². The summed E-state index contributed by atoms with van der Waals surface area (Å²) in [6.45, 7) is 1.31. The number of aliphatic hydroxyl groups excluding tert-OH is 1. The lowest BCUT2D eigenvalue weighted by Gasteiger charge is -2.35. The molecule has 136 valence electrons. The molecule has 0 amide bonds. The maximum Gasteiger partial charge on any atom is 0.211 e. The van der Waals surface area contributed by atoms with Crippen LogP contribution in [0.25, 0.3) is 0 Å². The van der Waals surface area contributed by atoms with Crippen LogP contribution in [-0.4, -0.2) is 39.0 Å². The second kappa shape index (κ2) is 9.51. The molecule has 0 spiro atoms. The van der Waals surface area contributed by atoms with Gasteiger partial charge in [0.05, 0.1) is 12.4 Å². The quantitative estimate of drug-likeness (QED) is 0.632. The number of hydrogen-bond donors (Lipinski definition) is 2. The zero-order valence-corrected chi connectivity index (χ0v) is 15.1. The highest BCUT2D eigenvalue weighted by Crippen LogP contribution is 2.35. The third-order valence-electron chi connectivity index (χ3n) is 4.73. The van der Waals surface area contributed by atoms with Crippen molar-refractivity contribution in [1.29, 1.82) is 0 Å². The van der Waals surface area contributed by atoms with E-state index in [-0.39, 0.29) is 17.8 Å². The molecule has 24 heavy (non-hydrogen) atoms. The first-order valence-electron chi connectivity index (χ1n) is 8.75. The van der Waals surface area contributed by atoms with Gasteiger partial charge in [0.15, 0.2) is 0 Å². The molecular formula is C18H29NO4S. The minimum Gasteiger partial charge on any atom is -0.396 e. The first-order chi connectivity index (χ1) is 11.6. The van der Waals surface area contributed by atoms with Gasteiger partial charge in [-0.3, -0.25) is 0 Å². The van der Waals surface area contributed by atoms with Crippen LogP contribution in [0.2, 0.25) is 0 Å². The number of rotatable bonds is 10. The van der Waals surface area contributed by atoms with Crippen molar-refractivity contribution in [2.45, 2.75) is 45.1 Å². The average molecular weight is 356 g/mol. The summed E-state index contributed by atoms with van der Waals surface area (Å²) in [7, 11) is -3.32. The SMILES string of the molecule is O=S(=O)(CCCOCc1ccccc1)NCC1(CO)CCCCC1. The maximum atomic E-state index is 12.1. The minimum absolute atomic E-state index is 0.0513. The molecule has 1 aromatic carbocycles. The van der Waals surface area contributed by atoms with Gasteiger partial charge in [-0.1, -0.05) is 49.6 Å². The Morgan fingerprint density at radius 1 is 1.12 bits per heavy atom. The zero-order chi connectivity index (χ0) is 17.3. The largest absolute Gasteiger partial charge is 0.396 e. The summed E-state index contributed by atoms with van der Waals surface area (Å²) in [6.07, 6.45) is 5.56. The summed E-state index contributed by atoms with van der Waals surface area (Å²) in [5, 5.41) is 9.64. The monoisotopic (exact) mass is 355 g/mol. The Morgan fingerprint density at radius 2 is 1.83 bits per heavy atom. The molecule has 0 saturated heterocycles. The first-order valence-corrected chi connectivity index (χ1v) is 10.4. The second-order valence-corrected chi connectivity index (χ2v) is 8.68. The number of sulfonamides is 1. The van der Waals surface area contributed by atoms with Crippen LogP contribution >= 0.6 is 0 Å². The van der Waals surface area contributed by atoms with Crippen molar-refractivity contribution in [2.24, 2.45) is 5.41 Å². The second-order valence-electron chi connectivity index (χ2n) is 6.75. The van der Waals surface area contributed by atoms with Crippen LogP contribution in [0.15, 0.2) is 30.3 Å². The predicted octanol–water partition coefficient (Wildman–Crippen LogP) is 2.46. The van der Waals surface area contributed by atoms with Crippen molar-refractivity contribution >= 4 is 10.0 Å². The van der Waals surface area contributed by atoms with Crippen molar-refractivity contribution in [2.75, 3.05) is 25.5 Å². The van der Waals surface area contributed by atoms with E-state index in [4.69, 9.17) is 4.74 Å². The lowest BCUT2D eigenvalue weighted by molar-refractivity contribution is 0.0867. The highest BCUT2D eigenvalue weighted by molar-refractivity contribution is 7.89. The van der Waals surface area contributed by atoms with Gasteiger partial charge in [-0.2, -0.15) is 0 Å². The number of benzene rings is 1. The molecule has 2 N–H and O–H groups in total. The summed E-state index contributed by atoms with van der Waals surface area (Å²) < 4.78 is 32.4. The van der Waals surface area contributed by atoms with E-state index in [1.807, 2.05) is 30.3 Å². The van der Waals surface area contributed by atoms with Crippen molar-refractivity contribution < 1.29 is 18.3 Å². The lowest BCUT2D eigenvalue weighted by atomic mass is 9.75. The molecule has 0 aliphatic heterocycles. The normalized spacial score (nSPS) is 17.7. The van der Waals surface area contributed by atoms with Gasteiger partial charge in [0, 0.05) is 25.2 Å². The molecule has 0 bridgehead atoms. The lowest BCUT2D eigenvalue weighted by Crippen LogP contribution is -2.42. The molecule has 1 aromatic rings. The molecule has 5 nitrogen and oxygen atoms in total. The molecular weight excluding hydrogens is 326 g/mol. The van der Waals surface area contributed by atoms with E-state index in [9.17, 15) is 13.5 Å². The van der Waals surface area contributed by atoms with Gasteiger partial charge >= 0.3 is 0 Å². The standard InChI is InChI=1S/C18H29NO4S/c20-16-18(10-5-2-6-11-18)15-19-24(21,22)13-7-12-23-14-17-8-3-1-4-9-17/h1,3-4,8-9,19-20H,2,5-7,10-16H2. The molecule has 0 unspecified atom stereocenters.